The summed E-state index contributed by atoms with van der Waals surface area (Å²) in [4.78, 5) is 4.24. The third kappa shape index (κ3) is 3.14. The van der Waals surface area contributed by atoms with E-state index in [4.69, 9.17) is 11.6 Å². The van der Waals surface area contributed by atoms with Crippen LogP contribution in [-0.2, 0) is 5.75 Å². The third-order valence-corrected chi connectivity index (χ3v) is 3.97. The zero-order valence-corrected chi connectivity index (χ0v) is 11.3. The van der Waals surface area contributed by atoms with Gasteiger partial charge in [-0.2, -0.15) is 0 Å². The van der Waals surface area contributed by atoms with Gasteiger partial charge in [0.25, 0.3) is 0 Å². The molecule has 0 unspecified atom stereocenters. The van der Waals surface area contributed by atoms with Crippen molar-refractivity contribution in [2.75, 3.05) is 0 Å². The monoisotopic (exact) mass is 321 g/mol. The Bertz CT molecular complexity index is 445. The van der Waals surface area contributed by atoms with Crippen LogP contribution < -0.4 is 0 Å². The minimum Gasteiger partial charge on any atom is -0.249 e. The summed E-state index contributed by atoms with van der Waals surface area (Å²) in [7, 11) is 0. The molecule has 0 aliphatic heterocycles. The van der Waals surface area contributed by atoms with Crippen molar-refractivity contribution in [3.8, 4) is 0 Å². The molecular formula is C8H5BrClN3S2. The summed E-state index contributed by atoms with van der Waals surface area (Å²) in [6.07, 6.45) is 1.77. The van der Waals surface area contributed by atoms with E-state index in [0.29, 0.717) is 10.1 Å². The van der Waals surface area contributed by atoms with Gasteiger partial charge in [-0.3, -0.25) is 0 Å². The van der Waals surface area contributed by atoms with Crippen LogP contribution in [0, 0.1) is 0 Å². The standard InChI is InChI=1S/C8H5BrClN3S2/c9-5-1-2-7(11-3-5)14-4-6-8(10)15-13-12-6/h1-3H,4H2. The van der Waals surface area contributed by atoms with Crippen molar-refractivity contribution in [1.82, 2.24) is 14.6 Å². The Hall–Kier alpha value is -0.170. The molecule has 0 fully saturated rings. The van der Waals surface area contributed by atoms with E-state index in [0.717, 1.165) is 15.2 Å². The second-order valence-corrected chi connectivity index (χ2v) is 5.86. The van der Waals surface area contributed by atoms with Crippen molar-refractivity contribution in [3.63, 3.8) is 0 Å². The highest BCUT2D eigenvalue weighted by Gasteiger charge is 2.06. The molecule has 0 saturated heterocycles. The number of hydrogen-bond acceptors (Lipinski definition) is 5. The molecule has 0 aromatic carbocycles. The van der Waals surface area contributed by atoms with Gasteiger partial charge >= 0.3 is 0 Å². The topological polar surface area (TPSA) is 38.7 Å². The molecule has 2 aromatic heterocycles. The van der Waals surface area contributed by atoms with Crippen molar-refractivity contribution >= 4 is 50.8 Å². The molecule has 0 amide bonds. The normalized spacial score (nSPS) is 10.5. The Morgan fingerprint density at radius 3 is 2.93 bits per heavy atom. The maximum Gasteiger partial charge on any atom is 0.138 e. The van der Waals surface area contributed by atoms with Crippen LogP contribution in [0.1, 0.15) is 5.69 Å². The first kappa shape index (κ1) is 11.3. The number of nitrogens with zero attached hydrogens (tertiary/aromatic N) is 3. The van der Waals surface area contributed by atoms with Crippen LogP contribution >= 0.6 is 50.8 Å². The number of aromatic nitrogens is 3. The summed E-state index contributed by atoms with van der Waals surface area (Å²) in [6.45, 7) is 0. The molecule has 0 aliphatic carbocycles. The second-order valence-electron chi connectivity index (χ2n) is 2.60. The Morgan fingerprint density at radius 1 is 1.47 bits per heavy atom. The minimum absolute atomic E-state index is 0.652. The molecule has 0 N–H and O–H groups in total. The molecule has 7 heteroatoms. The molecule has 0 spiro atoms. The van der Waals surface area contributed by atoms with E-state index in [1.165, 1.54) is 11.5 Å². The van der Waals surface area contributed by atoms with Crippen LogP contribution in [0.25, 0.3) is 0 Å². The van der Waals surface area contributed by atoms with Crippen molar-refractivity contribution in [2.45, 2.75) is 10.8 Å². The van der Waals surface area contributed by atoms with Crippen LogP contribution in [0.5, 0.6) is 0 Å². The average Bonchev–Trinajstić information content (AvgIpc) is 2.63. The lowest BCUT2D eigenvalue weighted by Crippen LogP contribution is -1.84. The van der Waals surface area contributed by atoms with Gasteiger partial charge in [0, 0.05) is 28.0 Å². The van der Waals surface area contributed by atoms with Crippen LogP contribution in [0.4, 0.5) is 0 Å². The van der Waals surface area contributed by atoms with Crippen LogP contribution in [0.15, 0.2) is 27.8 Å². The van der Waals surface area contributed by atoms with Gasteiger partial charge in [0.15, 0.2) is 0 Å². The highest BCUT2D eigenvalue weighted by molar-refractivity contribution is 9.10. The van der Waals surface area contributed by atoms with Gasteiger partial charge in [-0.25, -0.2) is 4.98 Å². The summed E-state index contributed by atoms with van der Waals surface area (Å²) in [5, 5.41) is 4.87. The first-order valence-corrected chi connectivity index (χ1v) is 6.90. The van der Waals surface area contributed by atoms with E-state index in [-0.39, 0.29) is 0 Å². The van der Waals surface area contributed by atoms with E-state index >= 15 is 0 Å². The fourth-order valence-corrected chi connectivity index (χ4v) is 2.68. The first-order valence-electron chi connectivity index (χ1n) is 3.97. The average molecular weight is 323 g/mol. The SMILES string of the molecule is Clc1snnc1CSc1ccc(Br)cn1. The first-order chi connectivity index (χ1) is 7.25. The molecule has 0 bridgehead atoms. The summed E-state index contributed by atoms with van der Waals surface area (Å²) >= 11 is 12.0. The lowest BCUT2D eigenvalue weighted by Gasteiger charge is -1.98. The minimum atomic E-state index is 0.652. The maximum atomic E-state index is 5.88. The lowest BCUT2D eigenvalue weighted by molar-refractivity contribution is 1.07. The zero-order valence-electron chi connectivity index (χ0n) is 7.35. The summed E-state index contributed by atoms with van der Waals surface area (Å²) in [5.41, 5.74) is 0.816. The molecule has 0 aliphatic rings. The summed E-state index contributed by atoms with van der Waals surface area (Å²) < 4.78 is 5.39. The number of pyridine rings is 1. The van der Waals surface area contributed by atoms with Gasteiger partial charge in [0.2, 0.25) is 0 Å². The van der Waals surface area contributed by atoms with Gasteiger partial charge in [-0.15, -0.1) is 5.10 Å². The molecule has 2 aromatic rings. The molecule has 15 heavy (non-hydrogen) atoms. The van der Waals surface area contributed by atoms with Crippen molar-refractivity contribution in [2.24, 2.45) is 0 Å². The maximum absolute atomic E-state index is 5.88. The van der Waals surface area contributed by atoms with E-state index in [9.17, 15) is 0 Å². The predicted octanol–water partition coefficient (Wildman–Crippen LogP) is 3.64. The van der Waals surface area contributed by atoms with Gasteiger partial charge in [-0.1, -0.05) is 27.9 Å². The van der Waals surface area contributed by atoms with E-state index in [1.807, 2.05) is 12.1 Å². The van der Waals surface area contributed by atoms with Crippen molar-refractivity contribution < 1.29 is 0 Å². The fraction of sp³-hybridized carbons (Fsp3) is 0.125. The zero-order chi connectivity index (χ0) is 10.7. The second kappa shape index (κ2) is 5.25. The number of thioether (sulfide) groups is 1. The third-order valence-electron chi connectivity index (χ3n) is 1.57. The molecule has 78 valence electrons. The van der Waals surface area contributed by atoms with E-state index in [2.05, 4.69) is 30.5 Å². The van der Waals surface area contributed by atoms with Gasteiger partial charge in [-0.05, 0) is 28.1 Å². The number of halogens is 2. The Morgan fingerprint density at radius 2 is 2.33 bits per heavy atom. The van der Waals surface area contributed by atoms with Crippen LogP contribution in [-0.4, -0.2) is 14.6 Å². The van der Waals surface area contributed by atoms with Gasteiger partial charge < -0.3 is 0 Å². The molecule has 3 nitrogen and oxygen atoms in total. The Labute approximate surface area is 109 Å². The molecule has 0 atom stereocenters. The Kier molecular flexibility index (Phi) is 3.96. The lowest BCUT2D eigenvalue weighted by atomic mass is 10.5. The predicted molar refractivity (Wildman–Crippen MR) is 66.4 cm³/mol. The van der Waals surface area contributed by atoms with E-state index in [1.54, 1.807) is 18.0 Å². The molecule has 0 saturated carbocycles. The number of rotatable bonds is 3. The van der Waals surface area contributed by atoms with Crippen molar-refractivity contribution in [3.05, 3.63) is 32.8 Å². The number of hydrogen-bond donors (Lipinski definition) is 0. The summed E-state index contributed by atoms with van der Waals surface area (Å²) in [6, 6.07) is 3.90. The largest absolute Gasteiger partial charge is 0.249 e. The van der Waals surface area contributed by atoms with Crippen molar-refractivity contribution in [1.29, 1.82) is 0 Å². The smallest absolute Gasteiger partial charge is 0.138 e. The van der Waals surface area contributed by atoms with E-state index < -0.39 is 0 Å². The molecule has 2 heterocycles. The molecule has 0 radical (unpaired) electrons. The fourth-order valence-electron chi connectivity index (χ4n) is 0.873. The molecular weight excluding hydrogens is 318 g/mol. The highest BCUT2D eigenvalue weighted by atomic mass is 79.9. The van der Waals surface area contributed by atoms with Crippen LogP contribution in [0.2, 0.25) is 4.34 Å². The summed E-state index contributed by atoms with van der Waals surface area (Å²) in [5.74, 6) is 0.698. The Balaban J connectivity index is 1.99. The quantitative estimate of drug-likeness (QED) is 0.809. The highest BCUT2D eigenvalue weighted by Crippen LogP contribution is 2.26. The van der Waals surface area contributed by atoms with Gasteiger partial charge in [0.1, 0.15) is 10.0 Å². The van der Waals surface area contributed by atoms with Crippen LogP contribution in [0.3, 0.4) is 0 Å². The van der Waals surface area contributed by atoms with Gasteiger partial charge in [0.05, 0.1) is 5.03 Å². The molecule has 2 rings (SSSR count).